The van der Waals surface area contributed by atoms with E-state index in [1.807, 2.05) is 0 Å². The van der Waals surface area contributed by atoms with Gasteiger partial charge in [-0.15, -0.1) is 6.42 Å². The predicted molar refractivity (Wildman–Crippen MR) is 93.3 cm³/mol. The van der Waals surface area contributed by atoms with E-state index in [2.05, 4.69) is 16.4 Å². The molecule has 0 atom stereocenters. The molecule has 0 bridgehead atoms. The molecule has 0 spiro atoms. The van der Waals surface area contributed by atoms with Crippen LogP contribution in [0.1, 0.15) is 11.1 Å². The number of phenolic OH excluding ortho intramolecular Hbond substituents is 1. The van der Waals surface area contributed by atoms with Crippen LogP contribution in [-0.4, -0.2) is 23.8 Å². The lowest BCUT2D eigenvalue weighted by Gasteiger charge is -2.06. The second-order valence-electron chi connectivity index (χ2n) is 4.81. The Bertz CT molecular complexity index is 797. The van der Waals surface area contributed by atoms with Gasteiger partial charge >= 0.3 is 0 Å². The van der Waals surface area contributed by atoms with Crippen molar-refractivity contribution in [1.82, 2.24) is 5.43 Å². The molecular formula is C18H15ClN2O3. The van der Waals surface area contributed by atoms with E-state index in [9.17, 15) is 9.90 Å². The van der Waals surface area contributed by atoms with Gasteiger partial charge in [-0.1, -0.05) is 29.7 Å². The van der Waals surface area contributed by atoms with Gasteiger partial charge in [0.15, 0.2) is 0 Å². The number of carbonyl (C=O) groups excluding carboxylic acids is 1. The minimum Gasteiger partial charge on any atom is -0.508 e. The van der Waals surface area contributed by atoms with E-state index in [-0.39, 0.29) is 24.7 Å². The molecule has 1 amide bonds. The Hall–Kier alpha value is -2.97. The van der Waals surface area contributed by atoms with Crippen molar-refractivity contribution >= 4 is 23.7 Å². The number of hydrazone groups is 1. The monoisotopic (exact) mass is 342 g/mol. The van der Waals surface area contributed by atoms with Crippen molar-refractivity contribution in [3.8, 4) is 23.8 Å². The van der Waals surface area contributed by atoms with Gasteiger partial charge in [-0.05, 0) is 35.9 Å². The highest BCUT2D eigenvalue weighted by Gasteiger charge is 2.05. The van der Waals surface area contributed by atoms with Gasteiger partial charge in [-0.2, -0.15) is 5.10 Å². The van der Waals surface area contributed by atoms with E-state index in [0.717, 1.165) is 0 Å². The number of hydrogen-bond donors (Lipinski definition) is 2. The highest BCUT2D eigenvalue weighted by Crippen LogP contribution is 2.21. The van der Waals surface area contributed by atoms with Gasteiger partial charge in [0.05, 0.1) is 12.6 Å². The summed E-state index contributed by atoms with van der Waals surface area (Å²) in [5.41, 5.74) is 3.69. The quantitative estimate of drug-likeness (QED) is 0.482. The molecule has 5 nitrogen and oxygen atoms in total. The summed E-state index contributed by atoms with van der Waals surface area (Å²) in [5, 5.41) is 13.8. The number of nitrogens with one attached hydrogen (secondary N) is 1. The van der Waals surface area contributed by atoms with Crippen molar-refractivity contribution in [3.63, 3.8) is 0 Å². The third kappa shape index (κ3) is 5.34. The Kier molecular flexibility index (Phi) is 6.23. The Morgan fingerprint density at radius 3 is 2.96 bits per heavy atom. The van der Waals surface area contributed by atoms with Gasteiger partial charge < -0.3 is 9.84 Å². The topological polar surface area (TPSA) is 70.9 Å². The molecule has 0 radical (unpaired) electrons. The number of phenols is 1. The maximum absolute atomic E-state index is 11.8. The summed E-state index contributed by atoms with van der Waals surface area (Å²) in [4.78, 5) is 11.8. The van der Waals surface area contributed by atoms with Crippen LogP contribution < -0.4 is 10.2 Å². The fourth-order valence-electron chi connectivity index (χ4n) is 1.94. The zero-order valence-electron chi connectivity index (χ0n) is 12.7. The third-order valence-corrected chi connectivity index (χ3v) is 3.19. The van der Waals surface area contributed by atoms with Gasteiger partial charge in [-0.3, -0.25) is 4.79 Å². The first-order chi connectivity index (χ1) is 11.6. The number of rotatable bonds is 6. The van der Waals surface area contributed by atoms with Gasteiger partial charge in [0.2, 0.25) is 5.91 Å². The van der Waals surface area contributed by atoms with Gasteiger partial charge in [0.1, 0.15) is 18.1 Å². The normalized spacial score (nSPS) is 10.3. The molecule has 2 aromatic carbocycles. The first-order valence-corrected chi connectivity index (χ1v) is 7.42. The van der Waals surface area contributed by atoms with Gasteiger partial charge in [-0.25, -0.2) is 5.43 Å². The van der Waals surface area contributed by atoms with Crippen molar-refractivity contribution in [3.05, 3.63) is 58.6 Å². The summed E-state index contributed by atoms with van der Waals surface area (Å²) in [6.07, 6.45) is 6.70. The molecule has 24 heavy (non-hydrogen) atoms. The van der Waals surface area contributed by atoms with Crippen LogP contribution in [0.5, 0.6) is 11.5 Å². The Labute approximate surface area is 144 Å². The molecule has 0 saturated carbocycles. The van der Waals surface area contributed by atoms with Crippen molar-refractivity contribution in [2.24, 2.45) is 5.10 Å². The molecule has 2 aromatic rings. The van der Waals surface area contributed by atoms with Crippen LogP contribution >= 0.6 is 11.6 Å². The van der Waals surface area contributed by atoms with E-state index < -0.39 is 0 Å². The lowest BCUT2D eigenvalue weighted by Crippen LogP contribution is -2.19. The van der Waals surface area contributed by atoms with Crippen molar-refractivity contribution in [1.29, 1.82) is 0 Å². The van der Waals surface area contributed by atoms with Crippen LogP contribution in [0, 0.1) is 12.3 Å². The molecule has 0 aliphatic heterocycles. The van der Waals surface area contributed by atoms with E-state index >= 15 is 0 Å². The van der Waals surface area contributed by atoms with Crippen LogP contribution in [0.3, 0.4) is 0 Å². The number of terminal acetylenes is 1. The van der Waals surface area contributed by atoms with Gasteiger partial charge in [0.25, 0.3) is 0 Å². The highest BCUT2D eigenvalue weighted by atomic mass is 35.5. The Morgan fingerprint density at radius 1 is 1.38 bits per heavy atom. The zero-order chi connectivity index (χ0) is 17.4. The molecular weight excluding hydrogens is 328 g/mol. The summed E-state index contributed by atoms with van der Waals surface area (Å²) in [6, 6.07) is 11.5. The smallest absolute Gasteiger partial charge is 0.244 e. The summed E-state index contributed by atoms with van der Waals surface area (Å²) in [6.45, 7) is 0.117. The lowest BCUT2D eigenvalue weighted by atomic mass is 10.1. The van der Waals surface area contributed by atoms with Crippen molar-refractivity contribution < 1.29 is 14.6 Å². The molecule has 0 heterocycles. The highest BCUT2D eigenvalue weighted by molar-refractivity contribution is 6.30. The largest absolute Gasteiger partial charge is 0.508 e. The molecule has 6 heteroatoms. The van der Waals surface area contributed by atoms with Crippen LogP contribution in [0.25, 0.3) is 0 Å². The molecule has 0 aliphatic rings. The van der Waals surface area contributed by atoms with Crippen molar-refractivity contribution in [2.45, 2.75) is 6.42 Å². The number of benzene rings is 2. The molecule has 2 rings (SSSR count). The second-order valence-corrected chi connectivity index (χ2v) is 5.25. The molecule has 0 unspecified atom stereocenters. The number of ether oxygens (including phenoxy) is 1. The van der Waals surface area contributed by atoms with E-state index in [1.54, 1.807) is 30.3 Å². The molecule has 0 aliphatic carbocycles. The molecule has 0 saturated heterocycles. The Morgan fingerprint density at radius 2 is 2.21 bits per heavy atom. The zero-order valence-corrected chi connectivity index (χ0v) is 13.5. The number of carbonyl (C=O) groups is 1. The minimum atomic E-state index is -0.315. The van der Waals surface area contributed by atoms with E-state index in [1.165, 1.54) is 18.3 Å². The minimum absolute atomic E-state index is 0.0989. The standard InChI is InChI=1S/C18H15ClN2O3/c1-2-8-24-17-7-6-15(19)11-14(17)12-20-21-18(23)10-13-4-3-5-16(22)9-13/h1,3-7,9,11-12,22H,8,10H2,(H,21,23). The first kappa shape index (κ1) is 17.4. The third-order valence-electron chi connectivity index (χ3n) is 2.95. The number of aromatic hydroxyl groups is 1. The summed E-state index contributed by atoms with van der Waals surface area (Å²) >= 11 is 5.95. The average molecular weight is 343 g/mol. The number of amides is 1. The van der Waals surface area contributed by atoms with Crippen LogP contribution in [0.4, 0.5) is 0 Å². The maximum atomic E-state index is 11.8. The van der Waals surface area contributed by atoms with E-state index in [0.29, 0.717) is 21.9 Å². The molecule has 0 aromatic heterocycles. The average Bonchev–Trinajstić information content (AvgIpc) is 2.54. The molecule has 0 fully saturated rings. The molecule has 122 valence electrons. The van der Waals surface area contributed by atoms with Crippen LogP contribution in [-0.2, 0) is 11.2 Å². The van der Waals surface area contributed by atoms with Gasteiger partial charge in [0, 0.05) is 10.6 Å². The summed E-state index contributed by atoms with van der Waals surface area (Å²) in [7, 11) is 0. The summed E-state index contributed by atoms with van der Waals surface area (Å²) < 4.78 is 5.38. The second kappa shape index (κ2) is 8.61. The van der Waals surface area contributed by atoms with E-state index in [4.69, 9.17) is 22.8 Å². The van der Waals surface area contributed by atoms with Crippen LogP contribution in [0.15, 0.2) is 47.6 Å². The fourth-order valence-corrected chi connectivity index (χ4v) is 2.12. The number of halogens is 1. The van der Waals surface area contributed by atoms with Crippen molar-refractivity contribution in [2.75, 3.05) is 6.61 Å². The first-order valence-electron chi connectivity index (χ1n) is 7.04. The SMILES string of the molecule is C#CCOc1ccc(Cl)cc1C=NNC(=O)Cc1cccc(O)c1. The maximum Gasteiger partial charge on any atom is 0.244 e. The number of hydrogen-bond acceptors (Lipinski definition) is 4. The Balaban J connectivity index is 1.99. The predicted octanol–water partition coefficient (Wildman–Crippen LogP) is 2.75. The summed E-state index contributed by atoms with van der Waals surface area (Å²) in [5.74, 6) is 2.69. The fraction of sp³-hybridized carbons (Fsp3) is 0.111. The van der Waals surface area contributed by atoms with Crippen LogP contribution in [0.2, 0.25) is 5.02 Å². The number of nitrogens with zero attached hydrogens (tertiary/aromatic N) is 1. The lowest BCUT2D eigenvalue weighted by molar-refractivity contribution is -0.120. The molecule has 2 N–H and O–H groups in total.